The van der Waals surface area contributed by atoms with E-state index in [4.69, 9.17) is 4.52 Å². The Morgan fingerprint density at radius 2 is 2.10 bits per heavy atom. The van der Waals surface area contributed by atoms with Gasteiger partial charge in [-0.15, -0.1) is 0 Å². The Kier molecular flexibility index (Phi) is 2.98. The molecule has 1 aromatic carbocycles. The largest absolute Gasteiger partial charge is 0.347 e. The molecular formula is C16H17N3O2. The zero-order valence-electron chi connectivity index (χ0n) is 11.7. The molecule has 1 aromatic heterocycles. The van der Waals surface area contributed by atoms with E-state index in [1.165, 1.54) is 5.56 Å². The van der Waals surface area contributed by atoms with Crippen molar-refractivity contribution in [3.63, 3.8) is 0 Å². The van der Waals surface area contributed by atoms with Crippen LogP contribution in [-0.2, 0) is 11.3 Å². The molecule has 2 aliphatic rings. The summed E-state index contributed by atoms with van der Waals surface area (Å²) < 4.78 is 5.15. The van der Waals surface area contributed by atoms with Gasteiger partial charge >= 0.3 is 0 Å². The van der Waals surface area contributed by atoms with Crippen LogP contribution in [0.25, 0.3) is 0 Å². The Labute approximate surface area is 122 Å². The number of carbonyl (C=O) groups excluding carboxylic acids is 1. The summed E-state index contributed by atoms with van der Waals surface area (Å²) in [6.45, 7) is 0.330. The monoisotopic (exact) mass is 283 g/mol. The number of carbonyl (C=O) groups is 1. The summed E-state index contributed by atoms with van der Waals surface area (Å²) in [6.07, 6.45) is 3.21. The lowest BCUT2D eigenvalue weighted by atomic mass is 10.1. The van der Waals surface area contributed by atoms with Gasteiger partial charge in [-0.25, -0.2) is 0 Å². The Morgan fingerprint density at radius 1 is 1.29 bits per heavy atom. The van der Waals surface area contributed by atoms with Crippen LogP contribution in [0.5, 0.6) is 0 Å². The van der Waals surface area contributed by atoms with Gasteiger partial charge < -0.3 is 9.84 Å². The molecule has 108 valence electrons. The van der Waals surface area contributed by atoms with Gasteiger partial charge in [-0.2, -0.15) is 4.98 Å². The maximum Gasteiger partial charge on any atom is 0.246 e. The Morgan fingerprint density at radius 3 is 2.86 bits per heavy atom. The number of aromatic nitrogens is 2. The molecule has 2 unspecified atom stereocenters. The number of hydrogen-bond acceptors (Lipinski definition) is 4. The quantitative estimate of drug-likeness (QED) is 0.914. The van der Waals surface area contributed by atoms with Gasteiger partial charge in [0.05, 0.1) is 6.54 Å². The van der Waals surface area contributed by atoms with E-state index in [2.05, 4.69) is 27.6 Å². The average Bonchev–Trinajstić information content (AvgIpc) is 3.44. The standard InChI is InChI=1S/C16H17N3O2/c20-16(13-8-12(13)10-4-2-1-3-5-10)17-9-14-18-15(19-21-14)11-6-7-11/h1-5,11-13H,6-9H2,(H,17,20). The number of benzene rings is 1. The van der Waals surface area contributed by atoms with Crippen molar-refractivity contribution in [2.24, 2.45) is 5.92 Å². The van der Waals surface area contributed by atoms with Crippen LogP contribution < -0.4 is 5.32 Å². The minimum atomic E-state index is 0.0787. The number of hydrogen-bond donors (Lipinski definition) is 1. The van der Waals surface area contributed by atoms with Crippen molar-refractivity contribution in [2.75, 3.05) is 0 Å². The Balaban J connectivity index is 1.30. The first kappa shape index (κ1) is 12.6. The van der Waals surface area contributed by atoms with Crippen LogP contribution in [0.15, 0.2) is 34.9 Å². The van der Waals surface area contributed by atoms with Gasteiger partial charge in [0.2, 0.25) is 11.8 Å². The molecule has 0 spiro atoms. The van der Waals surface area contributed by atoms with Crippen LogP contribution >= 0.6 is 0 Å². The lowest BCUT2D eigenvalue weighted by Crippen LogP contribution is -2.25. The summed E-state index contributed by atoms with van der Waals surface area (Å²) in [7, 11) is 0. The molecule has 2 aliphatic carbocycles. The molecule has 0 saturated heterocycles. The minimum absolute atomic E-state index is 0.0787. The first-order chi connectivity index (χ1) is 10.3. The molecule has 1 N–H and O–H groups in total. The third kappa shape index (κ3) is 2.68. The average molecular weight is 283 g/mol. The zero-order valence-corrected chi connectivity index (χ0v) is 11.7. The van der Waals surface area contributed by atoms with Gasteiger partial charge in [0.1, 0.15) is 0 Å². The minimum Gasteiger partial charge on any atom is -0.347 e. The van der Waals surface area contributed by atoms with E-state index in [1.54, 1.807) is 0 Å². The van der Waals surface area contributed by atoms with Crippen LogP contribution in [0, 0.1) is 5.92 Å². The Hall–Kier alpha value is -2.17. The molecule has 2 saturated carbocycles. The maximum atomic E-state index is 12.1. The van der Waals surface area contributed by atoms with Gasteiger partial charge in [0, 0.05) is 11.8 Å². The third-order valence-electron chi connectivity index (χ3n) is 4.20. The van der Waals surface area contributed by atoms with E-state index in [0.29, 0.717) is 24.3 Å². The highest BCUT2D eigenvalue weighted by atomic mass is 16.5. The molecule has 21 heavy (non-hydrogen) atoms. The van der Waals surface area contributed by atoms with E-state index in [9.17, 15) is 4.79 Å². The number of nitrogens with one attached hydrogen (secondary N) is 1. The lowest BCUT2D eigenvalue weighted by molar-refractivity contribution is -0.122. The van der Waals surface area contributed by atoms with Crippen molar-refractivity contribution < 1.29 is 9.32 Å². The van der Waals surface area contributed by atoms with E-state index in [1.807, 2.05) is 18.2 Å². The summed E-state index contributed by atoms with van der Waals surface area (Å²) >= 11 is 0. The second kappa shape index (κ2) is 4.98. The van der Waals surface area contributed by atoms with Gasteiger partial charge in [0.15, 0.2) is 5.82 Å². The highest BCUT2D eigenvalue weighted by Gasteiger charge is 2.43. The maximum absolute atomic E-state index is 12.1. The molecule has 0 aliphatic heterocycles. The van der Waals surface area contributed by atoms with Gasteiger partial charge in [-0.1, -0.05) is 35.5 Å². The van der Waals surface area contributed by atoms with E-state index in [-0.39, 0.29) is 11.8 Å². The second-order valence-electron chi connectivity index (χ2n) is 5.90. The number of rotatable bonds is 5. The number of nitrogens with zero attached hydrogens (tertiary/aromatic N) is 2. The molecule has 2 atom stereocenters. The van der Waals surface area contributed by atoms with Gasteiger partial charge in [-0.3, -0.25) is 4.79 Å². The van der Waals surface area contributed by atoms with Crippen molar-refractivity contribution in [3.05, 3.63) is 47.6 Å². The molecule has 2 fully saturated rings. The van der Waals surface area contributed by atoms with Crippen LogP contribution in [0.4, 0.5) is 0 Å². The van der Waals surface area contributed by atoms with Crippen molar-refractivity contribution in [1.82, 2.24) is 15.5 Å². The van der Waals surface area contributed by atoms with E-state index < -0.39 is 0 Å². The Bertz CT molecular complexity index is 649. The predicted octanol–water partition coefficient (Wildman–Crippen LogP) is 2.37. The zero-order chi connectivity index (χ0) is 14.2. The SMILES string of the molecule is O=C(NCc1nc(C2CC2)no1)C1CC1c1ccccc1. The van der Waals surface area contributed by atoms with Gasteiger partial charge in [-0.05, 0) is 30.7 Å². The molecular weight excluding hydrogens is 266 g/mol. The smallest absolute Gasteiger partial charge is 0.246 e. The van der Waals surface area contributed by atoms with E-state index in [0.717, 1.165) is 25.1 Å². The molecule has 0 bridgehead atoms. The molecule has 1 amide bonds. The topological polar surface area (TPSA) is 68.0 Å². The highest BCUT2D eigenvalue weighted by molar-refractivity contribution is 5.82. The molecule has 4 rings (SSSR count). The normalized spacial score (nSPS) is 23.8. The summed E-state index contributed by atoms with van der Waals surface area (Å²) in [4.78, 5) is 16.4. The third-order valence-corrected chi connectivity index (χ3v) is 4.20. The molecule has 2 aromatic rings. The van der Waals surface area contributed by atoms with Crippen molar-refractivity contribution in [1.29, 1.82) is 0 Å². The fourth-order valence-electron chi connectivity index (χ4n) is 2.69. The molecule has 0 radical (unpaired) electrons. The summed E-state index contributed by atoms with van der Waals surface area (Å²) in [5.74, 6) is 2.28. The van der Waals surface area contributed by atoms with Crippen molar-refractivity contribution in [3.8, 4) is 0 Å². The molecule has 5 heteroatoms. The van der Waals surface area contributed by atoms with Crippen LogP contribution in [0.1, 0.15) is 48.4 Å². The second-order valence-corrected chi connectivity index (χ2v) is 5.90. The lowest BCUT2D eigenvalue weighted by Gasteiger charge is -2.02. The summed E-state index contributed by atoms with van der Waals surface area (Å²) in [6, 6.07) is 10.2. The summed E-state index contributed by atoms with van der Waals surface area (Å²) in [5.41, 5.74) is 1.24. The first-order valence-electron chi connectivity index (χ1n) is 7.46. The first-order valence-corrected chi connectivity index (χ1v) is 7.46. The molecule has 1 heterocycles. The highest BCUT2D eigenvalue weighted by Crippen LogP contribution is 2.47. The predicted molar refractivity (Wildman–Crippen MR) is 75.4 cm³/mol. The van der Waals surface area contributed by atoms with E-state index >= 15 is 0 Å². The van der Waals surface area contributed by atoms with Crippen molar-refractivity contribution in [2.45, 2.75) is 37.6 Å². The van der Waals surface area contributed by atoms with Gasteiger partial charge in [0.25, 0.3) is 0 Å². The van der Waals surface area contributed by atoms with Crippen LogP contribution in [0.2, 0.25) is 0 Å². The summed E-state index contributed by atoms with van der Waals surface area (Å²) in [5, 5.41) is 6.84. The fraction of sp³-hybridized carbons (Fsp3) is 0.438. The van der Waals surface area contributed by atoms with Crippen molar-refractivity contribution >= 4 is 5.91 Å². The van der Waals surface area contributed by atoms with Crippen LogP contribution in [-0.4, -0.2) is 16.0 Å². The van der Waals surface area contributed by atoms with Crippen LogP contribution in [0.3, 0.4) is 0 Å². The molecule has 5 nitrogen and oxygen atoms in total. The fourth-order valence-corrected chi connectivity index (χ4v) is 2.69. The number of amides is 1.